The molecular formula is C100H156BrN21. The lowest BCUT2D eigenvalue weighted by atomic mass is 9.90. The normalized spacial score (nSPS) is 11.6. The van der Waals surface area contributed by atoms with Gasteiger partial charge in [0.1, 0.15) is 12.2 Å². The van der Waals surface area contributed by atoms with Gasteiger partial charge in [-0.3, -0.25) is 28.1 Å². The second kappa shape index (κ2) is 46.0. The molecule has 0 aliphatic rings. The molecule has 22 heteroatoms. The zero-order chi connectivity index (χ0) is 93.1. The number of aromatic nitrogens is 21. The highest BCUT2D eigenvalue weighted by atomic mass is 79.9. The predicted octanol–water partition coefficient (Wildman–Crippen LogP) is 24.4. The summed E-state index contributed by atoms with van der Waals surface area (Å²) in [5.41, 5.74) is 17.6. The monoisotopic (exact) mass is 1730 g/mol. The number of halogens is 1. The molecule has 0 spiro atoms. The van der Waals surface area contributed by atoms with Gasteiger partial charge in [0.05, 0.1) is 68.4 Å². The van der Waals surface area contributed by atoms with Gasteiger partial charge < -0.3 is 0 Å². The maximum Gasteiger partial charge on any atom is 0.156 e. The van der Waals surface area contributed by atoms with Crippen LogP contribution in [0.15, 0.2) is 181 Å². The van der Waals surface area contributed by atoms with E-state index in [9.17, 15) is 0 Å². The molecule has 0 N–H and O–H groups in total. The Morgan fingerprint density at radius 3 is 1.20 bits per heavy atom. The van der Waals surface area contributed by atoms with E-state index in [-0.39, 0.29) is 48.7 Å². The van der Waals surface area contributed by atoms with E-state index in [0.29, 0.717) is 0 Å². The SMILES string of the molecule is CC.CC.CC(C)(C)c1ccn(-c2ccccn2)n1.CC(C)(C)c1ccn(Cc2ccccc2)n1.CCn1nc(C(C)(C)C)cc1C.Cc1cc(C(C)(C)C)nn1-c1ccccc1.Cc1cn(C)nc1C(C)(C)C.Cc1nc(C(C)(C)C)nn1-c1ccccc1.Cc1nn(C)c(C(C)(C)C)c1Br.Cn1cc(C(C)(C)C)cn1.Cn1cnc(C(C)(C)C)n1. The molecule has 13 rings (SSSR count). The third-order valence-electron chi connectivity index (χ3n) is 18.4. The van der Waals surface area contributed by atoms with Gasteiger partial charge in [-0.2, -0.15) is 45.9 Å². The number of benzene rings is 3. The van der Waals surface area contributed by atoms with Crippen LogP contribution in [0.4, 0.5) is 0 Å². The lowest BCUT2D eigenvalue weighted by molar-refractivity contribution is 0.520. The number of hydrogen-bond donors (Lipinski definition) is 0. The highest BCUT2D eigenvalue weighted by Gasteiger charge is 2.26. The Morgan fingerprint density at radius 1 is 0.393 bits per heavy atom. The molecule has 0 fully saturated rings. The van der Waals surface area contributed by atoms with Gasteiger partial charge in [-0.25, -0.2) is 29.0 Å². The summed E-state index contributed by atoms with van der Waals surface area (Å²) in [6.45, 7) is 80.7. The van der Waals surface area contributed by atoms with Gasteiger partial charge in [-0.1, -0.05) is 287 Å². The smallest absolute Gasteiger partial charge is 0.156 e. The first-order valence-corrected chi connectivity index (χ1v) is 43.9. The number of hydrogen-bond acceptors (Lipinski definition) is 12. The maximum atomic E-state index is 4.67. The fraction of sp³-hybridized carbons (Fsp3) is 0.520. The van der Waals surface area contributed by atoms with Gasteiger partial charge in [0.15, 0.2) is 17.5 Å². The number of para-hydroxylation sites is 2. The summed E-state index contributed by atoms with van der Waals surface area (Å²) in [7, 11) is 7.76. The molecular weight excluding hydrogens is 1580 g/mol. The third-order valence-corrected chi connectivity index (χ3v) is 19.4. The van der Waals surface area contributed by atoms with Crippen molar-refractivity contribution in [3.05, 3.63) is 267 Å². The van der Waals surface area contributed by atoms with Crippen molar-refractivity contribution in [3.63, 3.8) is 0 Å². The molecule has 0 unspecified atom stereocenters. The molecule has 668 valence electrons. The van der Waals surface area contributed by atoms with Gasteiger partial charge in [-0.05, 0) is 140 Å². The molecule has 0 saturated heterocycles. The van der Waals surface area contributed by atoms with Crippen molar-refractivity contribution in [1.29, 1.82) is 0 Å². The van der Waals surface area contributed by atoms with Gasteiger partial charge in [-0.15, -0.1) is 0 Å². The lowest BCUT2D eigenvalue weighted by Gasteiger charge is -2.19. The van der Waals surface area contributed by atoms with E-state index in [2.05, 4.69) is 358 Å². The average Bonchev–Trinajstić information content (AvgIpc) is 1.69. The van der Waals surface area contributed by atoms with Crippen molar-refractivity contribution < 1.29 is 0 Å². The topological polar surface area (TPSA) is 199 Å². The summed E-state index contributed by atoms with van der Waals surface area (Å²) in [6.07, 6.45) is 13.5. The minimum absolute atomic E-state index is 0.00914. The summed E-state index contributed by atoms with van der Waals surface area (Å²) in [5, 5.41) is 39.9. The van der Waals surface area contributed by atoms with Gasteiger partial charge in [0.2, 0.25) is 0 Å². The van der Waals surface area contributed by atoms with Crippen LogP contribution in [0.1, 0.15) is 307 Å². The molecule has 10 heterocycles. The molecule has 0 bridgehead atoms. The Bertz CT molecular complexity index is 4960. The Morgan fingerprint density at radius 2 is 0.877 bits per heavy atom. The van der Waals surface area contributed by atoms with Gasteiger partial charge in [0.25, 0.3) is 0 Å². The highest BCUT2D eigenvalue weighted by molar-refractivity contribution is 9.10. The summed E-state index contributed by atoms with van der Waals surface area (Å²) >= 11 is 3.55. The Hall–Kier alpha value is -9.96. The standard InChI is InChI=1S/2C14H18N2.C13H17N3.C12H15N3.C10H18N2.C9H15BrN2.C9H16N2.C8H14N2.C7H13N3.2C2H6/c1-11-10-13(14(2,3)4)15-16(11)12-8-6-5-7-9-12;1-14(2,3)13-9-10-16(15-13)11-12-7-5-4-6-8-12;1-10-14-12(13(2,3)4)15-16(10)11-8-6-5-7-9-11;1-12(2,3)10-7-9-15(14-10)11-6-4-5-8-13-11;1-6-12-8(2)7-9(11-12)10(3,4)5;1-6-7(10)8(9(2,3)4)12(5)11-6;1-7-6-11(5)10-8(7)9(2,3)4;1-8(2,3)7-5-9-10(4)6-7;1-7(2,3)6-8-5-10(4)9-6;2*1-2/h5-10H,1-4H3;4-10H,11H2,1-3H3;5-9H,1-4H3;4-9H,1-3H3;7H,6H2,1-5H3;1-5H3;6H,1-5H3;5-6H,1-4H3;5H,1-4H3;2*1-2H3. The van der Waals surface area contributed by atoms with Gasteiger partial charge in [0, 0.05) is 120 Å². The Kier molecular flexibility index (Phi) is 40.0. The molecule has 13 aromatic rings. The average molecular weight is 1730 g/mol. The second-order valence-electron chi connectivity index (χ2n) is 39.5. The summed E-state index contributed by atoms with van der Waals surface area (Å²) in [6, 6.07) is 45.0. The van der Waals surface area contributed by atoms with Crippen LogP contribution < -0.4 is 0 Å². The van der Waals surface area contributed by atoms with Crippen LogP contribution >= 0.6 is 15.9 Å². The fourth-order valence-electron chi connectivity index (χ4n) is 11.6. The molecule has 0 radical (unpaired) electrons. The van der Waals surface area contributed by atoms with Crippen LogP contribution in [-0.4, -0.2) is 103 Å². The second-order valence-corrected chi connectivity index (χ2v) is 40.2. The van der Waals surface area contributed by atoms with Crippen molar-refractivity contribution in [3.8, 4) is 17.2 Å². The van der Waals surface area contributed by atoms with Crippen LogP contribution in [-0.2, 0) is 90.0 Å². The van der Waals surface area contributed by atoms with Gasteiger partial charge >= 0.3 is 0 Å². The quantitative estimate of drug-likeness (QED) is 0.153. The molecule has 0 saturated carbocycles. The van der Waals surface area contributed by atoms with E-state index in [1.165, 1.54) is 45.2 Å². The molecule has 122 heavy (non-hydrogen) atoms. The molecule has 21 nitrogen and oxygen atoms in total. The maximum absolute atomic E-state index is 4.67. The largest absolute Gasteiger partial charge is 0.276 e. The zero-order valence-corrected chi connectivity index (χ0v) is 84.5. The number of rotatable bonds is 6. The summed E-state index contributed by atoms with van der Waals surface area (Å²) in [4.78, 5) is 12.9. The molecule has 3 aromatic carbocycles. The van der Waals surface area contributed by atoms with Crippen LogP contribution in [0.2, 0.25) is 0 Å². The van der Waals surface area contributed by atoms with E-state index in [1.54, 1.807) is 21.9 Å². The van der Waals surface area contributed by atoms with Crippen LogP contribution in [0, 0.1) is 34.6 Å². The molecule has 0 aliphatic heterocycles. The van der Waals surface area contributed by atoms with E-state index < -0.39 is 0 Å². The highest BCUT2D eigenvalue weighted by Crippen LogP contribution is 2.32. The lowest BCUT2D eigenvalue weighted by Crippen LogP contribution is -2.16. The minimum Gasteiger partial charge on any atom is -0.276 e. The Balaban J connectivity index is 0.000000354. The summed E-state index contributed by atoms with van der Waals surface area (Å²) < 4.78 is 18.2. The fourth-order valence-corrected chi connectivity index (χ4v) is 12.6. The first-order chi connectivity index (χ1) is 56.3. The predicted molar refractivity (Wildman–Crippen MR) is 515 cm³/mol. The number of pyridine rings is 1. The molecule has 0 amide bonds. The minimum atomic E-state index is -0.00914. The molecule has 10 aromatic heterocycles. The van der Waals surface area contributed by atoms with E-state index in [0.717, 1.165) is 75.0 Å². The van der Waals surface area contributed by atoms with Crippen molar-refractivity contribution in [2.24, 2.45) is 28.2 Å². The molecule has 0 aliphatic carbocycles. The zero-order valence-electron chi connectivity index (χ0n) is 82.9. The Labute approximate surface area is 744 Å². The van der Waals surface area contributed by atoms with Crippen LogP contribution in [0.3, 0.4) is 0 Å². The van der Waals surface area contributed by atoms with Crippen molar-refractivity contribution in [2.45, 2.75) is 318 Å². The first-order valence-electron chi connectivity index (χ1n) is 43.1. The van der Waals surface area contributed by atoms with E-state index in [1.807, 2.05) is 200 Å². The third kappa shape index (κ3) is 34.7. The van der Waals surface area contributed by atoms with E-state index >= 15 is 0 Å². The number of aryl methyl sites for hydroxylation is 10. The summed E-state index contributed by atoms with van der Waals surface area (Å²) in [5.74, 6) is 3.56. The first kappa shape index (κ1) is 106. The van der Waals surface area contributed by atoms with Crippen molar-refractivity contribution in [1.82, 2.24) is 103 Å². The number of nitrogens with zero attached hydrogens (tertiary/aromatic N) is 21. The van der Waals surface area contributed by atoms with Crippen molar-refractivity contribution >= 4 is 15.9 Å². The van der Waals surface area contributed by atoms with Crippen LogP contribution in [0.5, 0.6) is 0 Å². The van der Waals surface area contributed by atoms with Crippen molar-refractivity contribution in [2.75, 3.05) is 0 Å². The molecule has 0 atom stereocenters. The van der Waals surface area contributed by atoms with Crippen LogP contribution in [0.25, 0.3) is 17.2 Å². The van der Waals surface area contributed by atoms with E-state index in [4.69, 9.17) is 0 Å².